The van der Waals surface area contributed by atoms with Gasteiger partial charge in [-0.2, -0.15) is 0 Å². The van der Waals surface area contributed by atoms with E-state index >= 15 is 0 Å². The van der Waals surface area contributed by atoms with Gasteiger partial charge in [-0.25, -0.2) is 19.6 Å². The molecule has 0 aliphatic heterocycles. The summed E-state index contributed by atoms with van der Waals surface area (Å²) in [7, 11) is 0. The quantitative estimate of drug-likeness (QED) is 0.580. The van der Waals surface area contributed by atoms with E-state index < -0.39 is 0 Å². The van der Waals surface area contributed by atoms with Crippen LogP contribution < -0.4 is 21.3 Å². The van der Waals surface area contributed by atoms with Crippen molar-refractivity contribution < 1.29 is 9.59 Å². The molecule has 160 valence electrons. The Labute approximate surface area is 177 Å². The summed E-state index contributed by atoms with van der Waals surface area (Å²) in [5, 5.41) is 11.4. The van der Waals surface area contributed by atoms with Gasteiger partial charge >= 0.3 is 12.1 Å². The summed E-state index contributed by atoms with van der Waals surface area (Å²) in [5.74, 6) is 1.89. The highest BCUT2D eigenvalue weighted by molar-refractivity contribution is 5.88. The number of aromatic nitrogens is 2. The number of hydrogen-bond donors (Lipinski definition) is 4. The largest absolute Gasteiger partial charge is 0.338 e. The molecule has 2 heterocycles. The van der Waals surface area contributed by atoms with Crippen LogP contribution in [0, 0.1) is 25.7 Å². The van der Waals surface area contributed by atoms with Crippen LogP contribution >= 0.6 is 0 Å². The second kappa shape index (κ2) is 10.6. The van der Waals surface area contributed by atoms with Crippen molar-refractivity contribution in [2.24, 2.45) is 11.8 Å². The third kappa shape index (κ3) is 7.02. The zero-order chi connectivity index (χ0) is 21.3. The minimum absolute atomic E-state index is 0.239. The summed E-state index contributed by atoms with van der Waals surface area (Å²) < 4.78 is 0. The third-order valence-corrected chi connectivity index (χ3v) is 5.30. The average Bonchev–Trinajstić information content (AvgIpc) is 2.74. The lowest BCUT2D eigenvalue weighted by atomic mass is 9.81. The van der Waals surface area contributed by atoms with E-state index in [0.29, 0.717) is 36.6 Å². The molecule has 1 fully saturated rings. The van der Waals surface area contributed by atoms with E-state index in [1.54, 1.807) is 24.5 Å². The van der Waals surface area contributed by atoms with Crippen molar-refractivity contribution in [3.63, 3.8) is 0 Å². The molecule has 1 aliphatic rings. The first kappa shape index (κ1) is 21.5. The zero-order valence-corrected chi connectivity index (χ0v) is 17.6. The Kier molecular flexibility index (Phi) is 7.59. The maximum Gasteiger partial charge on any atom is 0.320 e. The van der Waals surface area contributed by atoms with Gasteiger partial charge in [-0.1, -0.05) is 18.6 Å². The normalized spacial score (nSPS) is 18.3. The van der Waals surface area contributed by atoms with Gasteiger partial charge in [0, 0.05) is 25.5 Å². The van der Waals surface area contributed by atoms with Crippen LogP contribution in [0.1, 0.15) is 36.8 Å². The first-order chi connectivity index (χ1) is 14.5. The molecule has 2 aromatic rings. The van der Waals surface area contributed by atoms with Gasteiger partial charge in [0.05, 0.1) is 0 Å². The molecule has 0 radical (unpaired) electrons. The minimum atomic E-state index is -0.239. The maximum absolute atomic E-state index is 12.1. The van der Waals surface area contributed by atoms with Crippen molar-refractivity contribution in [3.8, 4) is 0 Å². The number of pyridine rings is 2. The summed E-state index contributed by atoms with van der Waals surface area (Å²) in [6.07, 6.45) is 7.68. The van der Waals surface area contributed by atoms with E-state index in [1.165, 1.54) is 0 Å². The number of hydrogen-bond acceptors (Lipinski definition) is 4. The van der Waals surface area contributed by atoms with Crippen molar-refractivity contribution in [1.82, 2.24) is 20.6 Å². The Balaban J connectivity index is 1.36. The molecule has 0 spiro atoms. The molecule has 1 saturated carbocycles. The monoisotopic (exact) mass is 410 g/mol. The van der Waals surface area contributed by atoms with Crippen LogP contribution in [-0.2, 0) is 0 Å². The third-order valence-electron chi connectivity index (χ3n) is 5.30. The van der Waals surface area contributed by atoms with E-state index in [9.17, 15) is 9.59 Å². The molecule has 0 aromatic carbocycles. The highest BCUT2D eigenvalue weighted by Gasteiger charge is 2.23. The SMILES string of the molecule is Cc1ccc(NC(=O)NC[C@H]2CCC[C@H](CNC(=O)Nc3ccc(C)cn3)C2)nc1. The summed E-state index contributed by atoms with van der Waals surface area (Å²) in [5.41, 5.74) is 2.10. The average molecular weight is 411 g/mol. The van der Waals surface area contributed by atoms with Crippen LogP contribution in [-0.4, -0.2) is 35.1 Å². The molecule has 0 saturated heterocycles. The summed E-state index contributed by atoms with van der Waals surface area (Å²) in [6, 6.07) is 6.91. The van der Waals surface area contributed by atoms with Crippen LogP contribution in [0.15, 0.2) is 36.7 Å². The number of urea groups is 2. The van der Waals surface area contributed by atoms with Gasteiger partial charge in [0.1, 0.15) is 11.6 Å². The molecule has 8 nitrogen and oxygen atoms in total. The van der Waals surface area contributed by atoms with Crippen LogP contribution in [0.5, 0.6) is 0 Å². The molecule has 30 heavy (non-hydrogen) atoms. The second-order valence-corrected chi connectivity index (χ2v) is 8.01. The molecule has 8 heteroatoms. The Morgan fingerprint density at radius 2 is 1.30 bits per heavy atom. The van der Waals surface area contributed by atoms with Gasteiger partial charge < -0.3 is 10.6 Å². The Morgan fingerprint density at radius 1 is 0.833 bits per heavy atom. The summed E-state index contributed by atoms with van der Waals surface area (Å²) in [4.78, 5) is 32.6. The first-order valence-corrected chi connectivity index (χ1v) is 10.4. The fourth-order valence-electron chi connectivity index (χ4n) is 3.65. The predicted octanol–water partition coefficient (Wildman–Crippen LogP) is 3.84. The molecular weight excluding hydrogens is 380 g/mol. The van der Waals surface area contributed by atoms with Gasteiger partial charge in [0.15, 0.2) is 0 Å². The molecule has 3 rings (SSSR count). The van der Waals surface area contributed by atoms with Crippen LogP contribution in [0.4, 0.5) is 21.2 Å². The molecule has 2 atom stereocenters. The van der Waals surface area contributed by atoms with E-state index in [4.69, 9.17) is 0 Å². The highest BCUT2D eigenvalue weighted by atomic mass is 16.2. The smallest absolute Gasteiger partial charge is 0.320 e. The second-order valence-electron chi connectivity index (χ2n) is 8.01. The molecule has 0 unspecified atom stereocenters. The Bertz CT molecular complexity index is 768. The number of nitrogens with zero attached hydrogens (tertiary/aromatic N) is 2. The number of nitrogens with one attached hydrogen (secondary N) is 4. The first-order valence-electron chi connectivity index (χ1n) is 10.4. The number of carbonyl (C=O) groups is 2. The topological polar surface area (TPSA) is 108 Å². The number of anilines is 2. The van der Waals surface area contributed by atoms with Crippen LogP contribution in [0.2, 0.25) is 0 Å². The lowest BCUT2D eigenvalue weighted by molar-refractivity contribution is 0.230. The molecule has 0 bridgehead atoms. The summed E-state index contributed by atoms with van der Waals surface area (Å²) >= 11 is 0. The maximum atomic E-state index is 12.1. The van der Waals surface area contributed by atoms with E-state index in [0.717, 1.165) is 36.8 Å². The molecule has 2 aromatic heterocycles. The lowest BCUT2D eigenvalue weighted by Gasteiger charge is -2.29. The minimum Gasteiger partial charge on any atom is -0.338 e. The molecule has 4 N–H and O–H groups in total. The van der Waals surface area contributed by atoms with Crippen molar-refractivity contribution in [1.29, 1.82) is 0 Å². The predicted molar refractivity (Wildman–Crippen MR) is 117 cm³/mol. The van der Waals surface area contributed by atoms with Crippen molar-refractivity contribution in [2.45, 2.75) is 39.5 Å². The van der Waals surface area contributed by atoms with Crippen molar-refractivity contribution in [2.75, 3.05) is 23.7 Å². The van der Waals surface area contributed by atoms with Gasteiger partial charge in [0.2, 0.25) is 0 Å². The van der Waals surface area contributed by atoms with E-state index in [1.807, 2.05) is 26.0 Å². The number of aryl methyl sites for hydroxylation is 2. The fraction of sp³-hybridized carbons (Fsp3) is 0.455. The lowest BCUT2D eigenvalue weighted by Crippen LogP contribution is -2.38. The number of carbonyl (C=O) groups excluding carboxylic acids is 2. The Morgan fingerprint density at radius 3 is 1.70 bits per heavy atom. The Hall–Kier alpha value is -3.16. The van der Waals surface area contributed by atoms with E-state index in [-0.39, 0.29) is 12.1 Å². The molecule has 1 aliphatic carbocycles. The van der Waals surface area contributed by atoms with Crippen LogP contribution in [0.3, 0.4) is 0 Å². The van der Waals surface area contributed by atoms with Gasteiger partial charge in [-0.05, 0) is 68.2 Å². The molecular formula is C22H30N6O2. The van der Waals surface area contributed by atoms with Gasteiger partial charge in [0.25, 0.3) is 0 Å². The van der Waals surface area contributed by atoms with E-state index in [2.05, 4.69) is 31.2 Å². The number of rotatable bonds is 6. The standard InChI is InChI=1S/C22H30N6O2/c1-15-6-8-19(23-11-15)27-21(29)25-13-17-4-3-5-18(10-17)14-26-22(30)28-20-9-7-16(2)12-24-20/h6-9,11-12,17-18H,3-5,10,13-14H2,1-2H3,(H2,23,25,27,29)(H2,24,26,28,30)/t17-,18-/m0/s1. The van der Waals surface area contributed by atoms with Gasteiger partial charge in [-0.15, -0.1) is 0 Å². The molecule has 4 amide bonds. The number of amides is 4. The van der Waals surface area contributed by atoms with Gasteiger partial charge in [-0.3, -0.25) is 10.6 Å². The van der Waals surface area contributed by atoms with Crippen LogP contribution in [0.25, 0.3) is 0 Å². The zero-order valence-electron chi connectivity index (χ0n) is 17.6. The highest BCUT2D eigenvalue weighted by Crippen LogP contribution is 2.28. The van der Waals surface area contributed by atoms with Crippen molar-refractivity contribution >= 4 is 23.7 Å². The fourth-order valence-corrected chi connectivity index (χ4v) is 3.65. The summed E-state index contributed by atoms with van der Waals surface area (Å²) in [6.45, 7) is 5.14. The van der Waals surface area contributed by atoms with Crippen molar-refractivity contribution in [3.05, 3.63) is 47.8 Å².